The molecule has 0 fully saturated rings. The van der Waals surface area contributed by atoms with Crippen molar-refractivity contribution in [2.75, 3.05) is 20.4 Å². The van der Waals surface area contributed by atoms with Crippen molar-refractivity contribution in [2.45, 2.75) is 157 Å². The standard InChI is InChI=1S/C38H67N3O5/c1-26(2)14-11-15-27(3)16-12-17-28(4)18-13-22-38(9)23-21-33-32(8)36(30(6)31(7)37(33)46-38)44-24-35(43)40-29(5)19-20-34(42)41-45-25-39-10/h26-29,39H,11-25H2,1-10H3,(H,40,43)(H,41,42)/t27-,28-,29-,38-/m1/s1. The fourth-order valence-electron chi connectivity index (χ4n) is 6.59. The number of rotatable bonds is 22. The Morgan fingerprint density at radius 2 is 1.48 bits per heavy atom. The summed E-state index contributed by atoms with van der Waals surface area (Å²) in [6.07, 6.45) is 14.4. The molecule has 3 N–H and O–H groups in total. The molecule has 0 aliphatic carbocycles. The van der Waals surface area contributed by atoms with E-state index in [1.54, 1.807) is 7.05 Å². The quantitative estimate of drug-likeness (QED) is 0.0671. The lowest BCUT2D eigenvalue weighted by Gasteiger charge is -2.38. The number of carbonyl (C=O) groups excluding carboxylic acids is 2. The average Bonchev–Trinajstić information content (AvgIpc) is 2.98. The highest BCUT2D eigenvalue weighted by Crippen LogP contribution is 2.45. The van der Waals surface area contributed by atoms with Crippen LogP contribution in [0, 0.1) is 38.5 Å². The monoisotopic (exact) mass is 646 g/mol. The van der Waals surface area contributed by atoms with E-state index in [4.69, 9.17) is 14.3 Å². The third kappa shape index (κ3) is 13.8. The van der Waals surface area contributed by atoms with Crippen LogP contribution in [0.15, 0.2) is 0 Å². The van der Waals surface area contributed by atoms with Gasteiger partial charge in [0.05, 0.1) is 0 Å². The predicted molar refractivity (Wildman–Crippen MR) is 188 cm³/mol. The van der Waals surface area contributed by atoms with E-state index in [0.29, 0.717) is 6.42 Å². The van der Waals surface area contributed by atoms with E-state index in [9.17, 15) is 9.59 Å². The van der Waals surface area contributed by atoms with Gasteiger partial charge in [-0.3, -0.25) is 19.7 Å². The number of hydroxylamine groups is 1. The molecule has 8 nitrogen and oxygen atoms in total. The summed E-state index contributed by atoms with van der Waals surface area (Å²) >= 11 is 0. The van der Waals surface area contributed by atoms with E-state index >= 15 is 0 Å². The summed E-state index contributed by atoms with van der Waals surface area (Å²) in [6, 6.07) is -0.166. The number of hydrogen-bond acceptors (Lipinski definition) is 6. The van der Waals surface area contributed by atoms with Gasteiger partial charge in [0, 0.05) is 18.0 Å². The minimum absolute atomic E-state index is 0.0739. The van der Waals surface area contributed by atoms with Gasteiger partial charge in [-0.2, -0.15) is 0 Å². The molecule has 0 bridgehead atoms. The average molecular weight is 646 g/mol. The summed E-state index contributed by atoms with van der Waals surface area (Å²) in [6.45, 7) is 20.0. The number of nitrogens with one attached hydrogen (secondary N) is 3. The molecule has 0 spiro atoms. The molecule has 0 aromatic heterocycles. The van der Waals surface area contributed by atoms with Gasteiger partial charge in [-0.15, -0.1) is 0 Å². The molecule has 1 heterocycles. The maximum atomic E-state index is 12.7. The molecule has 0 saturated heterocycles. The highest BCUT2D eigenvalue weighted by molar-refractivity contribution is 5.78. The zero-order chi connectivity index (χ0) is 34.3. The van der Waals surface area contributed by atoms with Crippen LogP contribution >= 0.6 is 0 Å². The SMILES string of the molecule is CNCONC(=O)CC[C@@H](C)NC(=O)COc1c(C)c(C)c2c(c1C)CC[C@@](C)(CCC[C@H](C)CCC[C@H](C)CCCC(C)C)O2. The Balaban J connectivity index is 1.82. The van der Waals surface area contributed by atoms with Crippen LogP contribution in [0.3, 0.4) is 0 Å². The molecular weight excluding hydrogens is 578 g/mol. The molecule has 1 aliphatic heterocycles. The van der Waals surface area contributed by atoms with Gasteiger partial charge in [0.2, 0.25) is 5.91 Å². The maximum Gasteiger partial charge on any atom is 0.258 e. The largest absolute Gasteiger partial charge is 0.487 e. The van der Waals surface area contributed by atoms with Crippen molar-refractivity contribution >= 4 is 11.8 Å². The summed E-state index contributed by atoms with van der Waals surface area (Å²) in [5.74, 6) is 3.78. The van der Waals surface area contributed by atoms with E-state index in [1.165, 1.54) is 56.9 Å². The normalized spacial score (nSPS) is 18.0. The number of carbonyl (C=O) groups is 2. The van der Waals surface area contributed by atoms with Crippen molar-refractivity contribution < 1.29 is 23.9 Å². The Kier molecular flexibility index (Phi) is 17.4. The fraction of sp³-hybridized carbons (Fsp3) is 0.789. The van der Waals surface area contributed by atoms with E-state index in [1.807, 2.05) is 6.92 Å². The van der Waals surface area contributed by atoms with Crippen LogP contribution in [-0.4, -0.2) is 43.8 Å². The van der Waals surface area contributed by atoms with E-state index < -0.39 is 0 Å². The molecule has 0 radical (unpaired) electrons. The molecule has 4 atom stereocenters. The molecule has 2 amide bonds. The van der Waals surface area contributed by atoms with Crippen molar-refractivity contribution in [1.29, 1.82) is 0 Å². The molecule has 1 aliphatic rings. The number of ether oxygens (including phenoxy) is 2. The molecule has 8 heteroatoms. The number of hydrogen-bond donors (Lipinski definition) is 3. The van der Waals surface area contributed by atoms with Gasteiger partial charge >= 0.3 is 0 Å². The van der Waals surface area contributed by atoms with Crippen LogP contribution in [0.1, 0.15) is 141 Å². The smallest absolute Gasteiger partial charge is 0.258 e. The third-order valence-corrected chi connectivity index (χ3v) is 9.80. The molecule has 2 rings (SSSR count). The molecule has 264 valence electrons. The first-order valence-corrected chi connectivity index (χ1v) is 18.0. The summed E-state index contributed by atoms with van der Waals surface area (Å²) < 4.78 is 12.9. The van der Waals surface area contributed by atoms with Crippen LogP contribution < -0.4 is 25.6 Å². The van der Waals surface area contributed by atoms with Crippen molar-refractivity contribution in [2.24, 2.45) is 17.8 Å². The van der Waals surface area contributed by atoms with E-state index in [-0.39, 0.29) is 43.2 Å². The molecule has 46 heavy (non-hydrogen) atoms. The first kappa shape index (κ1) is 39.9. The second-order valence-electron chi connectivity index (χ2n) is 14.9. The van der Waals surface area contributed by atoms with Crippen LogP contribution in [-0.2, 0) is 20.8 Å². The lowest BCUT2D eigenvalue weighted by atomic mass is 9.83. The van der Waals surface area contributed by atoms with Gasteiger partial charge in [0.1, 0.15) is 23.8 Å². The van der Waals surface area contributed by atoms with Crippen LogP contribution in [0.25, 0.3) is 0 Å². The Morgan fingerprint density at radius 1 is 0.848 bits per heavy atom. The zero-order valence-electron chi connectivity index (χ0n) is 31.0. The van der Waals surface area contributed by atoms with E-state index in [2.05, 4.69) is 71.5 Å². The van der Waals surface area contributed by atoms with Crippen LogP contribution in [0.4, 0.5) is 0 Å². The van der Waals surface area contributed by atoms with Gasteiger partial charge in [0.25, 0.3) is 5.91 Å². The highest BCUT2D eigenvalue weighted by Gasteiger charge is 2.34. The Hall–Kier alpha value is -2.32. The molecule has 0 saturated carbocycles. The van der Waals surface area contributed by atoms with Crippen LogP contribution in [0.2, 0.25) is 0 Å². The molecule has 0 unspecified atom stereocenters. The van der Waals surface area contributed by atoms with Gasteiger partial charge in [-0.1, -0.05) is 72.6 Å². The number of amides is 2. The summed E-state index contributed by atoms with van der Waals surface area (Å²) in [4.78, 5) is 29.5. The first-order chi connectivity index (χ1) is 21.8. The lowest BCUT2D eigenvalue weighted by molar-refractivity contribution is -0.134. The summed E-state index contributed by atoms with van der Waals surface area (Å²) in [7, 11) is 1.73. The topological polar surface area (TPSA) is 97.9 Å². The lowest BCUT2D eigenvalue weighted by Crippen LogP contribution is -2.38. The van der Waals surface area contributed by atoms with Gasteiger partial charge < -0.3 is 14.8 Å². The molecule has 1 aromatic rings. The molecule has 1 aromatic carbocycles. The maximum absolute atomic E-state index is 12.7. The Labute approximate surface area is 280 Å². The predicted octanol–water partition coefficient (Wildman–Crippen LogP) is 8.02. The highest BCUT2D eigenvalue weighted by atomic mass is 16.7. The number of fused-ring (bicyclic) bond motifs is 1. The summed E-state index contributed by atoms with van der Waals surface area (Å²) in [5.41, 5.74) is 6.59. The van der Waals surface area contributed by atoms with Crippen molar-refractivity contribution in [3.05, 3.63) is 22.3 Å². The summed E-state index contributed by atoms with van der Waals surface area (Å²) in [5, 5.41) is 5.71. The first-order valence-electron chi connectivity index (χ1n) is 18.0. The Bertz CT molecular complexity index is 1090. The minimum atomic E-state index is -0.223. The van der Waals surface area contributed by atoms with Gasteiger partial charge in [-0.05, 0) is 108 Å². The second-order valence-corrected chi connectivity index (χ2v) is 14.9. The van der Waals surface area contributed by atoms with Crippen molar-refractivity contribution in [3.8, 4) is 11.5 Å². The number of benzene rings is 1. The third-order valence-electron chi connectivity index (χ3n) is 9.80. The van der Waals surface area contributed by atoms with Crippen LogP contribution in [0.5, 0.6) is 11.5 Å². The van der Waals surface area contributed by atoms with Gasteiger partial charge in [0.15, 0.2) is 6.61 Å². The zero-order valence-corrected chi connectivity index (χ0v) is 31.0. The van der Waals surface area contributed by atoms with Crippen molar-refractivity contribution in [1.82, 2.24) is 16.1 Å². The van der Waals surface area contributed by atoms with E-state index in [0.717, 1.165) is 65.2 Å². The second kappa shape index (κ2) is 20.1. The molecular formula is C38H67N3O5. The minimum Gasteiger partial charge on any atom is -0.487 e. The fourth-order valence-corrected chi connectivity index (χ4v) is 6.59. The Morgan fingerprint density at radius 3 is 2.11 bits per heavy atom. The van der Waals surface area contributed by atoms with Gasteiger partial charge in [-0.25, -0.2) is 5.48 Å². The van der Waals surface area contributed by atoms with Crippen molar-refractivity contribution in [3.63, 3.8) is 0 Å².